The molecule has 0 spiro atoms. The molecule has 4 N–H and O–H groups in total. The summed E-state index contributed by atoms with van der Waals surface area (Å²) in [5, 5.41) is 8.90. The highest BCUT2D eigenvalue weighted by Crippen LogP contribution is 2.43. The second-order valence-electron chi connectivity index (χ2n) is 14.1. The maximum atomic E-state index is 12.6. The Labute approximate surface area is 368 Å². The van der Waals surface area contributed by atoms with Crippen molar-refractivity contribution in [2.45, 2.75) is 142 Å². The first kappa shape index (κ1) is 57.1. The number of phosphoric acid groups is 1. The Morgan fingerprint density at radius 3 is 1.28 bits per heavy atom. The summed E-state index contributed by atoms with van der Waals surface area (Å²) in [6, 6.07) is -1.50. The zero-order valence-corrected chi connectivity index (χ0v) is 38.1. The highest BCUT2D eigenvalue weighted by atomic mass is 31.2. The van der Waals surface area contributed by atoms with Crippen molar-refractivity contribution in [2.24, 2.45) is 5.73 Å². The van der Waals surface area contributed by atoms with Gasteiger partial charge in [0.15, 0.2) is 0 Å². The number of carbonyl (C=O) groups is 2. The van der Waals surface area contributed by atoms with E-state index < -0.39 is 45.1 Å². The predicted octanol–water partition coefficient (Wildman–Crippen LogP) is 12.6. The molecule has 0 fully saturated rings. The summed E-state index contributed by atoms with van der Waals surface area (Å²) in [6.07, 6.45) is 62.3. The molecule has 0 aliphatic carbocycles. The molecule has 0 amide bonds. The molecular weight excluding hydrogens is 790 g/mol. The van der Waals surface area contributed by atoms with Gasteiger partial charge in [0.05, 0.1) is 19.8 Å². The molecule has 0 radical (unpaired) electrons. The van der Waals surface area contributed by atoms with Gasteiger partial charge in [0.25, 0.3) is 0 Å². The van der Waals surface area contributed by atoms with E-state index in [9.17, 15) is 19.0 Å². The number of allylic oxidation sites excluding steroid dienone is 22. The van der Waals surface area contributed by atoms with Crippen molar-refractivity contribution in [3.8, 4) is 0 Å². The van der Waals surface area contributed by atoms with E-state index in [0.717, 1.165) is 103 Å². The third kappa shape index (κ3) is 44.0. The van der Waals surface area contributed by atoms with Crippen molar-refractivity contribution in [1.82, 2.24) is 0 Å². The molecule has 342 valence electrons. The number of aliphatic carboxylic acids is 1. The monoisotopic (exact) mass is 868 g/mol. The maximum absolute atomic E-state index is 12.6. The van der Waals surface area contributed by atoms with Crippen LogP contribution in [0.1, 0.15) is 129 Å². The van der Waals surface area contributed by atoms with Gasteiger partial charge in [0.1, 0.15) is 12.1 Å². The van der Waals surface area contributed by atoms with Crippen LogP contribution in [0.25, 0.3) is 0 Å². The van der Waals surface area contributed by atoms with Gasteiger partial charge in [0, 0.05) is 13.0 Å². The van der Waals surface area contributed by atoms with Crippen LogP contribution >= 0.6 is 7.82 Å². The number of carboxylic acids is 1. The lowest BCUT2D eigenvalue weighted by atomic mass is 10.2. The minimum atomic E-state index is -4.65. The minimum Gasteiger partial charge on any atom is -0.480 e. The van der Waals surface area contributed by atoms with Crippen LogP contribution in [0.15, 0.2) is 134 Å². The number of hydrogen-bond acceptors (Lipinski definition) is 8. The molecule has 0 aromatic carbocycles. The Morgan fingerprint density at radius 2 is 0.885 bits per heavy atom. The molecule has 0 aromatic rings. The van der Waals surface area contributed by atoms with Gasteiger partial charge >= 0.3 is 19.8 Å². The molecule has 61 heavy (non-hydrogen) atoms. The normalized spacial score (nSPS) is 15.1. The van der Waals surface area contributed by atoms with Gasteiger partial charge in [-0.05, 0) is 109 Å². The lowest BCUT2D eigenvalue weighted by Crippen LogP contribution is -2.34. The average Bonchev–Trinajstić information content (AvgIpc) is 3.24. The number of unbranched alkanes of at least 4 members (excludes halogenated alkanes) is 4. The van der Waals surface area contributed by atoms with Crippen LogP contribution in [0.3, 0.4) is 0 Å². The van der Waals surface area contributed by atoms with E-state index in [-0.39, 0.29) is 13.0 Å². The fourth-order valence-electron chi connectivity index (χ4n) is 5.04. The number of ether oxygens (including phenoxy) is 2. The SMILES string of the molecule is CC/C=C\C/C=C\C/C=C\C/C=C\C/C=C\C/C=C\CCCCC(=O)OC(COCCCC/C=C\C/C=C\C/C=C\C/C=C\C/C=C\CC)COP(=O)(O)OCC(N)C(=O)O. The zero-order chi connectivity index (χ0) is 44.8. The van der Waals surface area contributed by atoms with Gasteiger partial charge < -0.3 is 25.2 Å². The molecule has 10 nitrogen and oxygen atoms in total. The van der Waals surface area contributed by atoms with Crippen molar-refractivity contribution >= 4 is 19.8 Å². The molecule has 0 saturated heterocycles. The second-order valence-corrected chi connectivity index (χ2v) is 15.5. The first-order chi connectivity index (χ1) is 29.7. The largest absolute Gasteiger partial charge is 0.480 e. The molecule has 0 aromatic heterocycles. The van der Waals surface area contributed by atoms with E-state index in [1.54, 1.807) is 0 Å². The number of hydrogen-bond donors (Lipinski definition) is 3. The van der Waals surface area contributed by atoms with E-state index in [1.165, 1.54) is 0 Å². The van der Waals surface area contributed by atoms with Crippen molar-refractivity contribution in [2.75, 3.05) is 26.4 Å². The molecule has 0 heterocycles. The van der Waals surface area contributed by atoms with Gasteiger partial charge in [-0.25, -0.2) is 4.57 Å². The summed E-state index contributed by atoms with van der Waals surface area (Å²) in [6.45, 7) is 3.45. The van der Waals surface area contributed by atoms with Crippen LogP contribution in [-0.2, 0) is 32.7 Å². The summed E-state index contributed by atoms with van der Waals surface area (Å²) >= 11 is 0. The fraction of sp³-hybridized carbons (Fsp3) is 0.520. The summed E-state index contributed by atoms with van der Waals surface area (Å²) < 4.78 is 33.3. The topological polar surface area (TPSA) is 155 Å². The highest BCUT2D eigenvalue weighted by Gasteiger charge is 2.27. The molecule has 0 bridgehead atoms. The standard InChI is InChI=1S/C50H78NO9P/c1-3-5-7-9-11-13-15-17-19-21-23-24-25-26-28-30-32-34-36-38-40-42-49(52)60-47(45-58-61(55,56)59-46-48(51)50(53)54)44-57-43-41-39-37-35-33-31-29-27-22-20-18-16-14-12-10-8-6-4-2/h5-8,11-14,17-20,23-24,26-29,32-35,47-48H,3-4,9-10,15-16,21-22,25,30-31,36-46,51H2,1-2H3,(H,53,54)(H,55,56)/b7-5-,8-6-,13-11-,14-12-,19-17-,20-18-,24-23-,28-26-,29-27-,34-32-,35-33-. The van der Waals surface area contributed by atoms with Crippen LogP contribution < -0.4 is 5.73 Å². The smallest absolute Gasteiger partial charge is 0.472 e. The average molecular weight is 868 g/mol. The van der Waals surface area contributed by atoms with E-state index >= 15 is 0 Å². The fourth-order valence-corrected chi connectivity index (χ4v) is 5.82. The van der Waals surface area contributed by atoms with Gasteiger partial charge in [-0.3, -0.25) is 18.6 Å². The predicted molar refractivity (Wildman–Crippen MR) is 253 cm³/mol. The lowest BCUT2D eigenvalue weighted by Gasteiger charge is -2.20. The Kier molecular flexibility index (Phi) is 41.4. The third-order valence-electron chi connectivity index (χ3n) is 8.43. The molecule has 0 rings (SSSR count). The summed E-state index contributed by atoms with van der Waals surface area (Å²) in [7, 11) is -4.65. The molecule has 0 aliphatic rings. The highest BCUT2D eigenvalue weighted by molar-refractivity contribution is 7.47. The molecule has 0 saturated carbocycles. The van der Waals surface area contributed by atoms with E-state index in [2.05, 4.69) is 148 Å². The van der Waals surface area contributed by atoms with Crippen LogP contribution in [0.4, 0.5) is 0 Å². The van der Waals surface area contributed by atoms with Gasteiger partial charge in [-0.15, -0.1) is 0 Å². The number of carboxylic acid groups (broad SMARTS) is 1. The quantitative estimate of drug-likeness (QED) is 0.0235. The minimum absolute atomic E-state index is 0.0411. The molecule has 3 unspecified atom stereocenters. The first-order valence-corrected chi connectivity index (χ1v) is 23.7. The summed E-state index contributed by atoms with van der Waals surface area (Å²) in [5.41, 5.74) is 5.35. The maximum Gasteiger partial charge on any atom is 0.472 e. The van der Waals surface area contributed by atoms with E-state index in [4.69, 9.17) is 29.4 Å². The van der Waals surface area contributed by atoms with Crippen LogP contribution in [0.5, 0.6) is 0 Å². The molecule has 11 heteroatoms. The van der Waals surface area contributed by atoms with Gasteiger partial charge in [-0.1, -0.05) is 148 Å². The Hall–Kier alpha value is -3.89. The van der Waals surface area contributed by atoms with Crippen molar-refractivity contribution < 1.29 is 42.7 Å². The molecule has 0 aliphatic heterocycles. The van der Waals surface area contributed by atoms with Gasteiger partial charge in [0.2, 0.25) is 0 Å². The van der Waals surface area contributed by atoms with Crippen molar-refractivity contribution in [3.63, 3.8) is 0 Å². The Morgan fingerprint density at radius 1 is 0.525 bits per heavy atom. The number of esters is 1. The molecule has 3 atom stereocenters. The summed E-state index contributed by atoms with van der Waals surface area (Å²) in [4.78, 5) is 33.6. The van der Waals surface area contributed by atoms with E-state index in [1.807, 2.05) is 0 Å². The molecular formula is C50H78NO9P. The van der Waals surface area contributed by atoms with E-state index in [0.29, 0.717) is 13.0 Å². The van der Waals surface area contributed by atoms with Crippen molar-refractivity contribution in [3.05, 3.63) is 134 Å². The van der Waals surface area contributed by atoms with Crippen LogP contribution in [-0.4, -0.2) is 60.5 Å². The zero-order valence-electron chi connectivity index (χ0n) is 37.2. The van der Waals surface area contributed by atoms with Crippen molar-refractivity contribution in [1.29, 1.82) is 0 Å². The number of nitrogens with two attached hydrogens (primary N) is 1. The summed E-state index contributed by atoms with van der Waals surface area (Å²) in [5.74, 6) is -1.86. The van der Waals surface area contributed by atoms with Crippen LogP contribution in [0, 0.1) is 0 Å². The van der Waals surface area contributed by atoms with Gasteiger partial charge in [-0.2, -0.15) is 0 Å². The number of phosphoric ester groups is 1. The lowest BCUT2D eigenvalue weighted by molar-refractivity contribution is -0.154. The first-order valence-electron chi connectivity index (χ1n) is 22.2. The van der Waals surface area contributed by atoms with Crippen LogP contribution in [0.2, 0.25) is 0 Å². The Balaban J connectivity index is 4.44. The third-order valence-corrected chi connectivity index (χ3v) is 9.38. The second kappa shape index (κ2) is 44.2. The number of carbonyl (C=O) groups excluding carboxylic acids is 1. The Bertz CT molecular complexity index is 1470. The number of rotatable bonds is 40.